The minimum absolute atomic E-state index is 1.73. The first-order valence-corrected chi connectivity index (χ1v) is 3.53. The lowest BCUT2D eigenvalue weighted by Gasteiger charge is -2.38. The molecule has 1 rings (SSSR count). The molecule has 0 aromatic heterocycles. The van der Waals surface area contributed by atoms with Crippen molar-refractivity contribution in [2.45, 2.75) is 30.7 Å². The molecule has 0 radical (unpaired) electrons. The average molecular weight is 193 g/mol. The van der Waals surface area contributed by atoms with E-state index in [1.54, 1.807) is 0 Å². The van der Waals surface area contributed by atoms with Crippen LogP contribution in [-0.4, -0.2) is 57.1 Å². The lowest BCUT2D eigenvalue weighted by atomic mass is 9.99. The SMILES string of the molecule is O=C([O-])[C@@H]1O[C@H](O)[C@H](O)[C@@H](O)[C@@H]1O. The molecule has 0 unspecified atom stereocenters. The summed E-state index contributed by atoms with van der Waals surface area (Å²) in [6.45, 7) is 0. The zero-order valence-electron chi connectivity index (χ0n) is 6.40. The molecule has 1 aliphatic heterocycles. The molecule has 0 aromatic rings. The number of carbonyl (C=O) groups excluding carboxylic acids is 1. The van der Waals surface area contributed by atoms with Crippen LogP contribution in [0.2, 0.25) is 0 Å². The fourth-order valence-electron chi connectivity index (χ4n) is 1.06. The third-order valence-electron chi connectivity index (χ3n) is 1.82. The molecule has 76 valence electrons. The standard InChI is InChI=1S/C6H10O7/c7-1-2(8)4(5(10)11)13-6(12)3(1)9/h1-4,6-9,12H,(H,10,11)/p-1/t1-,2-,3+,4+,6-/m0/s1. The van der Waals surface area contributed by atoms with E-state index in [9.17, 15) is 9.90 Å². The lowest BCUT2D eigenvalue weighted by Crippen LogP contribution is -2.62. The Hall–Kier alpha value is -0.730. The van der Waals surface area contributed by atoms with Gasteiger partial charge in [0.25, 0.3) is 0 Å². The third-order valence-corrected chi connectivity index (χ3v) is 1.82. The van der Waals surface area contributed by atoms with Crippen molar-refractivity contribution in [2.75, 3.05) is 0 Å². The van der Waals surface area contributed by atoms with Gasteiger partial charge in [-0.1, -0.05) is 0 Å². The maximum atomic E-state index is 10.3. The van der Waals surface area contributed by atoms with Crippen LogP contribution in [0.4, 0.5) is 0 Å². The minimum Gasteiger partial charge on any atom is -0.547 e. The quantitative estimate of drug-likeness (QED) is 0.330. The summed E-state index contributed by atoms with van der Waals surface area (Å²) in [5.74, 6) is -1.77. The number of aliphatic hydroxyl groups is 4. The highest BCUT2D eigenvalue weighted by molar-refractivity contribution is 5.71. The second-order valence-electron chi connectivity index (χ2n) is 2.74. The van der Waals surface area contributed by atoms with Gasteiger partial charge in [0.1, 0.15) is 24.4 Å². The Kier molecular flexibility index (Phi) is 2.84. The molecule has 1 heterocycles. The summed E-state index contributed by atoms with van der Waals surface area (Å²) >= 11 is 0. The Morgan fingerprint density at radius 1 is 1.08 bits per heavy atom. The molecule has 7 nitrogen and oxygen atoms in total. The van der Waals surface area contributed by atoms with Gasteiger partial charge in [-0.25, -0.2) is 0 Å². The van der Waals surface area contributed by atoms with Crippen LogP contribution >= 0.6 is 0 Å². The second kappa shape index (κ2) is 3.56. The van der Waals surface area contributed by atoms with Gasteiger partial charge >= 0.3 is 0 Å². The van der Waals surface area contributed by atoms with Crippen LogP contribution in [0, 0.1) is 0 Å². The number of aliphatic carboxylic acids is 1. The second-order valence-corrected chi connectivity index (χ2v) is 2.74. The molecule has 1 fully saturated rings. The van der Waals surface area contributed by atoms with Gasteiger partial charge in [-0.05, 0) is 0 Å². The van der Waals surface area contributed by atoms with Crippen molar-refractivity contribution >= 4 is 5.97 Å². The summed E-state index contributed by atoms with van der Waals surface area (Å²) < 4.78 is 4.28. The van der Waals surface area contributed by atoms with Gasteiger partial charge in [-0.3, -0.25) is 0 Å². The molecular formula is C6H9O7-. The van der Waals surface area contributed by atoms with Crippen molar-refractivity contribution in [1.29, 1.82) is 0 Å². The van der Waals surface area contributed by atoms with Crippen molar-refractivity contribution < 1.29 is 35.1 Å². The summed E-state index contributed by atoms with van der Waals surface area (Å²) in [4.78, 5) is 10.3. The Balaban J connectivity index is 2.76. The summed E-state index contributed by atoms with van der Waals surface area (Å²) in [7, 11) is 0. The highest BCUT2D eigenvalue weighted by Crippen LogP contribution is 2.19. The number of carboxylic acid groups (broad SMARTS) is 1. The number of hydrogen-bond donors (Lipinski definition) is 4. The number of carbonyl (C=O) groups is 1. The van der Waals surface area contributed by atoms with Crippen LogP contribution in [-0.2, 0) is 9.53 Å². The predicted octanol–water partition coefficient (Wildman–Crippen LogP) is -4.46. The van der Waals surface area contributed by atoms with Gasteiger partial charge < -0.3 is 35.1 Å². The minimum atomic E-state index is -1.85. The van der Waals surface area contributed by atoms with Gasteiger partial charge in [0.05, 0.1) is 5.97 Å². The van der Waals surface area contributed by atoms with E-state index in [-0.39, 0.29) is 0 Å². The molecular weight excluding hydrogens is 184 g/mol. The van der Waals surface area contributed by atoms with Gasteiger partial charge in [-0.15, -0.1) is 0 Å². The summed E-state index contributed by atoms with van der Waals surface area (Å²) in [6, 6.07) is 0. The predicted molar refractivity (Wildman–Crippen MR) is 33.9 cm³/mol. The zero-order chi connectivity index (χ0) is 10.2. The van der Waals surface area contributed by atoms with Gasteiger partial charge in [0.2, 0.25) is 0 Å². The van der Waals surface area contributed by atoms with E-state index >= 15 is 0 Å². The van der Waals surface area contributed by atoms with E-state index in [4.69, 9.17) is 20.4 Å². The van der Waals surface area contributed by atoms with Crippen molar-refractivity contribution in [3.8, 4) is 0 Å². The van der Waals surface area contributed by atoms with Crippen molar-refractivity contribution in [2.24, 2.45) is 0 Å². The van der Waals surface area contributed by atoms with Gasteiger partial charge in [0, 0.05) is 0 Å². The molecule has 13 heavy (non-hydrogen) atoms. The first-order chi connectivity index (χ1) is 5.95. The first kappa shape index (κ1) is 10.4. The monoisotopic (exact) mass is 193 g/mol. The number of carboxylic acids is 1. The first-order valence-electron chi connectivity index (χ1n) is 3.53. The maximum absolute atomic E-state index is 10.3. The highest BCUT2D eigenvalue weighted by atomic mass is 16.6. The van der Waals surface area contributed by atoms with Crippen LogP contribution in [0.3, 0.4) is 0 Å². The maximum Gasteiger partial charge on any atom is 0.184 e. The number of hydrogen-bond acceptors (Lipinski definition) is 7. The summed E-state index contributed by atoms with van der Waals surface area (Å²) in [6.07, 6.45) is -9.00. The molecule has 0 bridgehead atoms. The van der Waals surface area contributed by atoms with Crippen molar-refractivity contribution in [3.05, 3.63) is 0 Å². The molecule has 0 spiro atoms. The number of ether oxygens (including phenoxy) is 1. The lowest BCUT2D eigenvalue weighted by molar-refractivity contribution is -0.345. The summed E-state index contributed by atoms with van der Waals surface area (Å²) in [5, 5.41) is 46.1. The van der Waals surface area contributed by atoms with Crippen LogP contribution in [0.5, 0.6) is 0 Å². The molecule has 0 saturated carbocycles. The molecule has 1 saturated heterocycles. The Bertz CT molecular complexity index is 205. The summed E-state index contributed by atoms with van der Waals surface area (Å²) in [5.41, 5.74) is 0. The Morgan fingerprint density at radius 3 is 2.08 bits per heavy atom. The fraction of sp³-hybridized carbons (Fsp3) is 0.833. The van der Waals surface area contributed by atoms with E-state index < -0.39 is 36.7 Å². The zero-order valence-corrected chi connectivity index (χ0v) is 6.40. The van der Waals surface area contributed by atoms with Crippen LogP contribution in [0.1, 0.15) is 0 Å². The van der Waals surface area contributed by atoms with Gasteiger partial charge in [0.15, 0.2) is 6.29 Å². The average Bonchev–Trinajstić information content (AvgIpc) is 2.07. The molecule has 0 aliphatic carbocycles. The van der Waals surface area contributed by atoms with E-state index in [2.05, 4.69) is 4.74 Å². The van der Waals surface area contributed by atoms with Crippen LogP contribution in [0.25, 0.3) is 0 Å². The van der Waals surface area contributed by atoms with E-state index in [1.807, 2.05) is 0 Å². The van der Waals surface area contributed by atoms with Crippen LogP contribution in [0.15, 0.2) is 0 Å². The molecule has 0 aromatic carbocycles. The smallest absolute Gasteiger partial charge is 0.184 e. The molecule has 4 N–H and O–H groups in total. The molecule has 0 amide bonds. The van der Waals surface area contributed by atoms with Gasteiger partial charge in [-0.2, -0.15) is 0 Å². The number of aliphatic hydroxyl groups excluding tert-OH is 4. The Labute approximate surface area is 72.8 Å². The topological polar surface area (TPSA) is 130 Å². The Morgan fingerprint density at radius 2 is 1.62 bits per heavy atom. The third kappa shape index (κ3) is 1.79. The number of rotatable bonds is 1. The normalized spacial score (nSPS) is 46.0. The van der Waals surface area contributed by atoms with E-state index in [0.717, 1.165) is 0 Å². The van der Waals surface area contributed by atoms with E-state index in [1.165, 1.54) is 0 Å². The molecule has 5 atom stereocenters. The molecule has 1 aliphatic rings. The fourth-order valence-corrected chi connectivity index (χ4v) is 1.06. The van der Waals surface area contributed by atoms with Crippen LogP contribution < -0.4 is 5.11 Å². The largest absolute Gasteiger partial charge is 0.547 e. The molecule has 7 heteroatoms. The van der Waals surface area contributed by atoms with E-state index in [0.29, 0.717) is 0 Å². The van der Waals surface area contributed by atoms with Crippen molar-refractivity contribution in [1.82, 2.24) is 0 Å². The van der Waals surface area contributed by atoms with Crippen molar-refractivity contribution in [3.63, 3.8) is 0 Å². The highest BCUT2D eigenvalue weighted by Gasteiger charge is 2.43.